The van der Waals surface area contributed by atoms with E-state index in [0.29, 0.717) is 23.6 Å². The number of hydrogen-bond acceptors (Lipinski definition) is 4. The smallest absolute Gasteiger partial charge is 0.151 e. The zero-order valence-electron chi connectivity index (χ0n) is 9.56. The van der Waals surface area contributed by atoms with E-state index in [1.54, 1.807) is 0 Å². The van der Waals surface area contributed by atoms with Gasteiger partial charge in [0.2, 0.25) is 0 Å². The Hall–Kier alpha value is -0.130. The van der Waals surface area contributed by atoms with E-state index in [0.717, 1.165) is 32.0 Å². The maximum absolute atomic E-state index is 11.5. The largest absolute Gasteiger partial charge is 0.312 e. The predicted molar refractivity (Wildman–Crippen MR) is 63.1 cm³/mol. The van der Waals surface area contributed by atoms with Crippen molar-refractivity contribution in [3.63, 3.8) is 0 Å². The Morgan fingerprint density at radius 1 is 1.19 bits per heavy atom. The molecule has 5 heteroatoms. The number of nitrogens with zero attached hydrogens (tertiary/aromatic N) is 1. The minimum Gasteiger partial charge on any atom is -0.312 e. The lowest BCUT2D eigenvalue weighted by molar-refractivity contribution is 0.251. The second-order valence-electron chi connectivity index (χ2n) is 5.47. The Kier molecular flexibility index (Phi) is 2.72. The van der Waals surface area contributed by atoms with Gasteiger partial charge in [-0.05, 0) is 31.7 Å². The molecule has 3 unspecified atom stereocenters. The van der Waals surface area contributed by atoms with Gasteiger partial charge in [0.05, 0.1) is 11.5 Å². The van der Waals surface area contributed by atoms with Gasteiger partial charge in [-0.25, -0.2) is 8.42 Å². The molecule has 0 aromatic rings. The van der Waals surface area contributed by atoms with Crippen LogP contribution in [-0.4, -0.2) is 56.5 Å². The second kappa shape index (κ2) is 3.96. The number of nitrogens with one attached hydrogen (secondary N) is 1. The van der Waals surface area contributed by atoms with Gasteiger partial charge in [-0.3, -0.25) is 4.90 Å². The summed E-state index contributed by atoms with van der Waals surface area (Å²) in [6.45, 7) is 3.31. The molecule has 4 nitrogen and oxygen atoms in total. The first-order valence-electron chi connectivity index (χ1n) is 6.32. The molecule has 3 aliphatic rings. The Balaban J connectivity index is 1.65. The van der Waals surface area contributed by atoms with E-state index in [1.165, 1.54) is 12.8 Å². The van der Waals surface area contributed by atoms with E-state index in [1.807, 2.05) is 0 Å². The van der Waals surface area contributed by atoms with Crippen LogP contribution in [0.15, 0.2) is 0 Å². The molecule has 0 saturated carbocycles. The van der Waals surface area contributed by atoms with Crippen molar-refractivity contribution in [1.82, 2.24) is 10.2 Å². The third-order valence-electron chi connectivity index (χ3n) is 4.35. The summed E-state index contributed by atoms with van der Waals surface area (Å²) in [7, 11) is -2.73. The highest BCUT2D eigenvalue weighted by atomic mass is 32.2. The maximum atomic E-state index is 11.5. The number of sulfone groups is 1. The molecule has 92 valence electrons. The van der Waals surface area contributed by atoms with Crippen LogP contribution in [0, 0.1) is 5.92 Å². The van der Waals surface area contributed by atoms with Crippen molar-refractivity contribution in [2.45, 2.75) is 31.3 Å². The van der Waals surface area contributed by atoms with Gasteiger partial charge in [0, 0.05) is 25.2 Å². The molecule has 0 spiro atoms. The minimum absolute atomic E-state index is 0.303. The van der Waals surface area contributed by atoms with Gasteiger partial charge >= 0.3 is 0 Å². The van der Waals surface area contributed by atoms with Crippen molar-refractivity contribution >= 4 is 9.84 Å². The molecule has 0 amide bonds. The second-order valence-corrected chi connectivity index (χ2v) is 7.70. The first kappa shape index (κ1) is 11.0. The van der Waals surface area contributed by atoms with Gasteiger partial charge in [0.25, 0.3) is 0 Å². The van der Waals surface area contributed by atoms with Crippen LogP contribution in [0.2, 0.25) is 0 Å². The fourth-order valence-corrected chi connectivity index (χ4v) is 5.20. The van der Waals surface area contributed by atoms with Crippen molar-refractivity contribution in [2.24, 2.45) is 5.92 Å². The summed E-state index contributed by atoms with van der Waals surface area (Å²) >= 11 is 0. The van der Waals surface area contributed by atoms with Crippen molar-refractivity contribution < 1.29 is 8.42 Å². The van der Waals surface area contributed by atoms with Crippen LogP contribution in [-0.2, 0) is 9.84 Å². The molecule has 0 bridgehead atoms. The molecule has 3 rings (SSSR count). The van der Waals surface area contributed by atoms with Gasteiger partial charge in [-0.1, -0.05) is 0 Å². The summed E-state index contributed by atoms with van der Waals surface area (Å²) in [6, 6.07) is 0.925. The number of fused-ring (bicyclic) bond motifs is 1. The van der Waals surface area contributed by atoms with Crippen molar-refractivity contribution in [3.8, 4) is 0 Å². The summed E-state index contributed by atoms with van der Waals surface area (Å²) in [5.41, 5.74) is 0. The molecule has 0 radical (unpaired) electrons. The fraction of sp³-hybridized carbons (Fsp3) is 1.00. The van der Waals surface area contributed by atoms with E-state index >= 15 is 0 Å². The fourth-order valence-electron chi connectivity index (χ4n) is 3.44. The van der Waals surface area contributed by atoms with E-state index in [4.69, 9.17) is 0 Å². The van der Waals surface area contributed by atoms with Gasteiger partial charge in [-0.15, -0.1) is 0 Å². The Morgan fingerprint density at radius 2 is 2.06 bits per heavy atom. The molecule has 1 N–H and O–H groups in total. The van der Waals surface area contributed by atoms with E-state index < -0.39 is 9.84 Å². The highest BCUT2D eigenvalue weighted by Crippen LogP contribution is 2.29. The molecule has 0 aromatic carbocycles. The Labute approximate surface area is 97.3 Å². The normalized spacial score (nSPS) is 43.4. The Bertz CT molecular complexity index is 354. The third-order valence-corrected chi connectivity index (χ3v) is 6.10. The zero-order valence-corrected chi connectivity index (χ0v) is 10.4. The molecule has 3 saturated heterocycles. The predicted octanol–water partition coefficient (Wildman–Crippen LogP) is -0.143. The van der Waals surface area contributed by atoms with Crippen LogP contribution in [0.3, 0.4) is 0 Å². The Morgan fingerprint density at radius 3 is 2.75 bits per heavy atom. The summed E-state index contributed by atoms with van der Waals surface area (Å²) in [5.74, 6) is 1.56. The third kappa shape index (κ3) is 2.00. The summed E-state index contributed by atoms with van der Waals surface area (Å²) in [6.07, 6.45) is 3.44. The molecule has 3 heterocycles. The van der Waals surface area contributed by atoms with Crippen LogP contribution in [0.5, 0.6) is 0 Å². The van der Waals surface area contributed by atoms with E-state index in [9.17, 15) is 8.42 Å². The first-order valence-corrected chi connectivity index (χ1v) is 8.14. The van der Waals surface area contributed by atoms with Crippen molar-refractivity contribution in [3.05, 3.63) is 0 Å². The number of likely N-dealkylation sites (tertiary alicyclic amines) is 1. The van der Waals surface area contributed by atoms with Crippen LogP contribution < -0.4 is 5.32 Å². The molecule has 3 aliphatic heterocycles. The van der Waals surface area contributed by atoms with Gasteiger partial charge in [-0.2, -0.15) is 0 Å². The van der Waals surface area contributed by atoms with Crippen molar-refractivity contribution in [1.29, 1.82) is 0 Å². The highest BCUT2D eigenvalue weighted by molar-refractivity contribution is 7.91. The summed E-state index contributed by atoms with van der Waals surface area (Å²) < 4.78 is 22.9. The first-order chi connectivity index (χ1) is 7.64. The highest BCUT2D eigenvalue weighted by Gasteiger charge is 2.40. The molecular formula is C11H20N2O2S. The van der Waals surface area contributed by atoms with Crippen LogP contribution in [0.4, 0.5) is 0 Å². The number of rotatable bonds is 1. The van der Waals surface area contributed by atoms with Crippen molar-refractivity contribution in [2.75, 3.05) is 31.1 Å². The lowest BCUT2D eigenvalue weighted by atomic mass is 9.94. The molecular weight excluding hydrogens is 224 g/mol. The maximum Gasteiger partial charge on any atom is 0.151 e. The van der Waals surface area contributed by atoms with Gasteiger partial charge in [0.15, 0.2) is 9.84 Å². The number of piperidine rings is 1. The standard InChI is InChI=1S/C11H20N2O2S/c14-16(15)5-3-10(8-16)13-6-9-2-1-4-12-11(9)7-13/h9-12H,1-8H2. The van der Waals surface area contributed by atoms with Gasteiger partial charge < -0.3 is 5.32 Å². The quantitative estimate of drug-likeness (QED) is 0.697. The lowest BCUT2D eigenvalue weighted by Gasteiger charge is -2.24. The average Bonchev–Trinajstić information content (AvgIpc) is 2.80. The van der Waals surface area contributed by atoms with E-state index in [2.05, 4.69) is 10.2 Å². The molecule has 3 atom stereocenters. The SMILES string of the molecule is O=S1(=O)CCC(N2CC3CCCNC3C2)C1. The lowest BCUT2D eigenvalue weighted by Crippen LogP contribution is -2.41. The van der Waals surface area contributed by atoms with Gasteiger partial charge in [0.1, 0.15) is 0 Å². The summed E-state index contributed by atoms with van der Waals surface area (Å²) in [5, 5.41) is 3.56. The van der Waals surface area contributed by atoms with E-state index in [-0.39, 0.29) is 0 Å². The molecule has 0 aliphatic carbocycles. The van der Waals surface area contributed by atoms with Crippen LogP contribution in [0.1, 0.15) is 19.3 Å². The molecule has 16 heavy (non-hydrogen) atoms. The molecule has 3 fully saturated rings. The minimum atomic E-state index is -2.73. The average molecular weight is 244 g/mol. The van der Waals surface area contributed by atoms with Crippen LogP contribution >= 0.6 is 0 Å². The zero-order chi connectivity index (χ0) is 11.2. The monoisotopic (exact) mass is 244 g/mol. The van der Waals surface area contributed by atoms with Crippen LogP contribution in [0.25, 0.3) is 0 Å². The topological polar surface area (TPSA) is 49.4 Å². The summed E-state index contributed by atoms with van der Waals surface area (Å²) in [4.78, 5) is 2.41. The molecule has 0 aromatic heterocycles. The number of hydrogen-bond donors (Lipinski definition) is 1.